The standard InChI is InChI=1S/C47H84O19P2/c1-3-5-7-8-9-10-11-12-13-14-15-16-17-18-23-27-40(51)62-32-35-33-63-68(60,61)66-47-45(56)44(55)42(53)36(26-22-19-20-24-28-41(52)64-35)38(49)31-39(50)37(30-29-34(48)25-21-6-4-2)43(54)46(47)65-67(57,58)59/h12-13,29-30,34-38,42-49,53-56H,3-11,14-28,31-33H2,1-2H3,(H,60,61)(H2,57,58,59)/b13-12-,30-29?/t34-,35+,36-,37-,38-,42+,43+,44-,45+,46+,47-/m0/s1. The summed E-state index contributed by atoms with van der Waals surface area (Å²) in [5.74, 6) is -5.61. The van der Waals surface area contributed by atoms with Crippen LogP contribution in [0.3, 0.4) is 0 Å². The molecule has 2 bridgehead atoms. The summed E-state index contributed by atoms with van der Waals surface area (Å²) in [4.78, 5) is 70.6. The molecule has 0 spiro atoms. The fourth-order valence-corrected chi connectivity index (χ4v) is 9.94. The Balaban J connectivity index is 2.29. The number of carbonyl (C=O) groups is 3. The van der Waals surface area contributed by atoms with Crippen LogP contribution in [0.5, 0.6) is 0 Å². The van der Waals surface area contributed by atoms with Crippen molar-refractivity contribution in [2.45, 2.75) is 229 Å². The average molecular weight is 1020 g/mol. The highest BCUT2D eigenvalue weighted by molar-refractivity contribution is 7.47. The van der Waals surface area contributed by atoms with E-state index in [0.29, 0.717) is 32.1 Å². The van der Waals surface area contributed by atoms with Crippen LogP contribution in [0.1, 0.15) is 174 Å². The largest absolute Gasteiger partial charge is 0.472 e. The lowest BCUT2D eigenvalue weighted by Gasteiger charge is -2.38. The summed E-state index contributed by atoms with van der Waals surface area (Å²) < 4.78 is 52.1. The van der Waals surface area contributed by atoms with Gasteiger partial charge in [-0.2, -0.15) is 0 Å². The van der Waals surface area contributed by atoms with Gasteiger partial charge in [-0.1, -0.05) is 128 Å². The van der Waals surface area contributed by atoms with Gasteiger partial charge in [0.2, 0.25) is 0 Å². The quantitative estimate of drug-likeness (QED) is 0.0209. The lowest BCUT2D eigenvalue weighted by atomic mass is 9.82. The minimum absolute atomic E-state index is 0.0483. The van der Waals surface area contributed by atoms with Crippen molar-refractivity contribution in [2.75, 3.05) is 13.2 Å². The van der Waals surface area contributed by atoms with Crippen LogP contribution in [0.15, 0.2) is 24.3 Å². The Morgan fingerprint density at radius 2 is 1.41 bits per heavy atom. The van der Waals surface area contributed by atoms with Gasteiger partial charge in [0.25, 0.3) is 0 Å². The van der Waals surface area contributed by atoms with Crippen LogP contribution in [0.25, 0.3) is 0 Å². The van der Waals surface area contributed by atoms with Gasteiger partial charge in [0.1, 0.15) is 36.8 Å². The van der Waals surface area contributed by atoms with Gasteiger partial charge in [-0.25, -0.2) is 9.13 Å². The number of cyclic esters (lactones) is 1. The maximum Gasteiger partial charge on any atom is 0.472 e. The van der Waals surface area contributed by atoms with Gasteiger partial charge in [0.05, 0.1) is 36.9 Å². The first-order valence-electron chi connectivity index (χ1n) is 25.0. The number of rotatable bonds is 25. The molecule has 0 amide bonds. The van der Waals surface area contributed by atoms with Crippen LogP contribution in [0.4, 0.5) is 0 Å². The van der Waals surface area contributed by atoms with Crippen molar-refractivity contribution in [3.05, 3.63) is 24.3 Å². The number of aliphatic hydroxyl groups excluding tert-OH is 6. The molecule has 0 aromatic rings. The molecular weight excluding hydrogens is 930 g/mol. The second kappa shape index (κ2) is 34.4. The number of unbranched alkanes of at least 4 members (excludes halogenated alkanes) is 13. The zero-order chi connectivity index (χ0) is 50.5. The number of allylic oxidation sites excluding steroid dienone is 2. The monoisotopic (exact) mass is 1010 g/mol. The first-order valence-corrected chi connectivity index (χ1v) is 28.0. The zero-order valence-electron chi connectivity index (χ0n) is 40.3. The van der Waals surface area contributed by atoms with Crippen molar-refractivity contribution in [3.8, 4) is 0 Å². The Morgan fingerprint density at radius 1 is 0.809 bits per heavy atom. The molecule has 21 heteroatoms. The molecule has 0 radical (unpaired) electrons. The normalized spacial score (nSPS) is 30.5. The SMILES string of the molecule is CCCCCCCC/C=C\CCCCCCCC(=O)OC[C@@H]1COP(=O)(O)O[C@H]2[C@H](O)[C@@H](O)[C@H](O)[C@@H](CCCCCCC(=O)O1)[C@@H](O)CC(=O)[C@H](C=C[C@@H](O)CCCCC)[C@@H](O)[C@H]2OP(=O)(O)O. The Hall–Kier alpha value is -1.93. The minimum Gasteiger partial charge on any atom is -0.462 e. The van der Waals surface area contributed by atoms with Crippen LogP contribution < -0.4 is 0 Å². The van der Waals surface area contributed by atoms with Crippen LogP contribution in [0.2, 0.25) is 0 Å². The molecule has 2 aliphatic rings. The molecule has 1 saturated heterocycles. The van der Waals surface area contributed by atoms with Crippen molar-refractivity contribution >= 4 is 33.4 Å². The summed E-state index contributed by atoms with van der Waals surface area (Å²) in [5, 5.41) is 68.0. The summed E-state index contributed by atoms with van der Waals surface area (Å²) in [6, 6.07) is 0. The van der Waals surface area contributed by atoms with E-state index in [4.69, 9.17) is 23.0 Å². The highest BCUT2D eigenvalue weighted by Gasteiger charge is 2.51. The first kappa shape index (κ1) is 62.2. The van der Waals surface area contributed by atoms with E-state index < -0.39 is 120 Å². The second-order valence-corrected chi connectivity index (χ2v) is 20.9. The topological polar surface area (TPSA) is 314 Å². The van der Waals surface area contributed by atoms with Crippen LogP contribution in [0, 0.1) is 11.8 Å². The van der Waals surface area contributed by atoms with E-state index in [2.05, 4.69) is 19.1 Å². The predicted molar refractivity (Wildman–Crippen MR) is 251 cm³/mol. The molecule has 1 unspecified atom stereocenters. The maximum atomic E-state index is 13.9. The number of fused-ring (bicyclic) bond motifs is 4. The molecule has 1 aliphatic carbocycles. The maximum absolute atomic E-state index is 13.9. The predicted octanol–water partition coefficient (Wildman–Crippen LogP) is 6.32. The van der Waals surface area contributed by atoms with E-state index in [0.717, 1.165) is 63.5 Å². The number of hydrogen-bond acceptors (Lipinski definition) is 16. The number of ketones is 1. The van der Waals surface area contributed by atoms with Gasteiger partial charge in [0.15, 0.2) is 6.10 Å². The highest BCUT2D eigenvalue weighted by atomic mass is 31.2. The summed E-state index contributed by atoms with van der Waals surface area (Å²) in [6.07, 6.45) is 4.12. The third-order valence-electron chi connectivity index (χ3n) is 12.4. The third kappa shape index (κ3) is 26.0. The fraction of sp³-hybridized carbons (Fsp3) is 0.851. The van der Waals surface area contributed by atoms with Crippen molar-refractivity contribution in [1.29, 1.82) is 0 Å². The molecule has 9 N–H and O–H groups in total. The first-order chi connectivity index (χ1) is 32.3. The molecule has 68 heavy (non-hydrogen) atoms. The van der Waals surface area contributed by atoms with Gasteiger partial charge in [-0.15, -0.1) is 0 Å². The van der Waals surface area contributed by atoms with E-state index in [9.17, 15) is 68.8 Å². The molecule has 19 nitrogen and oxygen atoms in total. The van der Waals surface area contributed by atoms with Crippen molar-refractivity contribution in [2.24, 2.45) is 11.8 Å². The number of ether oxygens (including phenoxy) is 2. The van der Waals surface area contributed by atoms with Crippen molar-refractivity contribution in [3.63, 3.8) is 0 Å². The highest BCUT2D eigenvalue weighted by Crippen LogP contribution is 2.49. The number of Topliss-reactive ketones (excluding diaryl/α,β-unsaturated/α-hetero) is 1. The van der Waals surface area contributed by atoms with Gasteiger partial charge < -0.3 is 54.8 Å². The third-order valence-corrected chi connectivity index (χ3v) is 13.9. The molecule has 2 fully saturated rings. The van der Waals surface area contributed by atoms with E-state index in [1.807, 2.05) is 6.92 Å². The van der Waals surface area contributed by atoms with Crippen LogP contribution >= 0.6 is 15.6 Å². The number of aliphatic hydroxyl groups is 6. The Labute approximate surface area is 402 Å². The van der Waals surface area contributed by atoms with E-state index in [1.165, 1.54) is 38.5 Å². The molecule has 396 valence electrons. The van der Waals surface area contributed by atoms with Gasteiger partial charge >= 0.3 is 27.6 Å². The van der Waals surface area contributed by atoms with Crippen LogP contribution in [-0.4, -0.2) is 131 Å². The molecular formula is C47H84O19P2. The summed E-state index contributed by atoms with van der Waals surface area (Å²) >= 11 is 0. The van der Waals surface area contributed by atoms with Crippen molar-refractivity contribution in [1.82, 2.24) is 0 Å². The van der Waals surface area contributed by atoms with Gasteiger partial charge in [-0.05, 0) is 51.4 Å². The smallest absolute Gasteiger partial charge is 0.462 e. The second-order valence-electron chi connectivity index (χ2n) is 18.3. The molecule has 1 aliphatic heterocycles. The molecule has 0 aromatic carbocycles. The summed E-state index contributed by atoms with van der Waals surface area (Å²) in [6.45, 7) is 2.56. The molecule has 12 atom stereocenters. The van der Waals surface area contributed by atoms with Crippen molar-refractivity contribution < 1.29 is 91.9 Å². The number of phosphoric ester groups is 2. The van der Waals surface area contributed by atoms with E-state index in [1.54, 1.807) is 0 Å². The summed E-state index contributed by atoms with van der Waals surface area (Å²) in [7, 11) is -11.5. The Kier molecular flexibility index (Phi) is 31.5. The number of phosphoric acid groups is 2. The molecule has 0 aromatic heterocycles. The fourth-order valence-electron chi connectivity index (χ4n) is 8.41. The molecule has 1 heterocycles. The number of esters is 2. The Morgan fingerprint density at radius 3 is 2.06 bits per heavy atom. The number of carbonyl (C=O) groups excluding carboxylic acids is 3. The van der Waals surface area contributed by atoms with Gasteiger partial charge in [0, 0.05) is 25.2 Å². The van der Waals surface area contributed by atoms with E-state index in [-0.39, 0.29) is 32.1 Å². The van der Waals surface area contributed by atoms with Crippen LogP contribution in [-0.2, 0) is 46.6 Å². The molecule has 2 rings (SSSR count). The zero-order valence-corrected chi connectivity index (χ0v) is 42.0. The minimum atomic E-state index is -5.79. The molecule has 1 saturated carbocycles. The Bertz CT molecular complexity index is 1570. The lowest BCUT2D eigenvalue weighted by Crippen LogP contribution is -2.56. The van der Waals surface area contributed by atoms with E-state index >= 15 is 0 Å². The average Bonchev–Trinajstić information content (AvgIpc) is 3.28. The van der Waals surface area contributed by atoms with Gasteiger partial charge in [-0.3, -0.25) is 28.0 Å². The number of hydrogen-bond donors (Lipinski definition) is 9. The lowest BCUT2D eigenvalue weighted by molar-refractivity contribution is -0.165. The summed E-state index contributed by atoms with van der Waals surface area (Å²) in [5.41, 5.74) is 0.